The Balaban J connectivity index is 2.78. The third kappa shape index (κ3) is 2.98. The summed E-state index contributed by atoms with van der Waals surface area (Å²) in [7, 11) is 3.84. The van der Waals surface area contributed by atoms with Crippen LogP contribution in [0.3, 0.4) is 0 Å². The second kappa shape index (κ2) is 5.12. The molecule has 70 valence electrons. The largest absolute Gasteiger partial charge is 0.286 e. The predicted octanol–water partition coefficient (Wildman–Crippen LogP) is 1.60. The van der Waals surface area contributed by atoms with Crippen LogP contribution >= 0.6 is 0 Å². The Hall–Kier alpha value is -1.70. The number of hydrogen-bond acceptors (Lipinski definition) is 1. The quantitative estimate of drug-likeness (QED) is 0.598. The highest BCUT2D eigenvalue weighted by Crippen LogP contribution is 1.96. The molecule has 0 aromatic heterocycles. The highest BCUT2D eigenvalue weighted by atomic mass is 15.1. The summed E-state index contributed by atoms with van der Waals surface area (Å²) in [4.78, 5) is 1.91. The van der Waals surface area contributed by atoms with Crippen LogP contribution in [0, 0.1) is 24.2 Å². The zero-order chi connectivity index (χ0) is 10.4. The molecule has 0 aliphatic heterocycles. The van der Waals surface area contributed by atoms with Gasteiger partial charge in [-0.05, 0) is 26.2 Å². The van der Waals surface area contributed by atoms with E-state index in [-0.39, 0.29) is 6.04 Å². The lowest BCUT2D eigenvalue weighted by molar-refractivity contribution is 0.409. The summed E-state index contributed by atoms with van der Waals surface area (Å²) in [5, 5.41) is 0. The van der Waals surface area contributed by atoms with Gasteiger partial charge in [-0.25, -0.2) is 0 Å². The van der Waals surface area contributed by atoms with Gasteiger partial charge in [0.2, 0.25) is 0 Å². The number of hydrogen-bond donors (Lipinski definition) is 0. The molecule has 0 amide bonds. The average molecular weight is 183 g/mol. The first kappa shape index (κ1) is 10.4. The summed E-state index contributed by atoms with van der Waals surface area (Å²) in [5.74, 6) is 8.69. The molecule has 0 aliphatic carbocycles. The SMILES string of the molecule is C#CC(C#Cc1ccccc1)N(C)C. The van der Waals surface area contributed by atoms with Crippen LogP contribution in [-0.2, 0) is 0 Å². The van der Waals surface area contributed by atoms with Crippen molar-refractivity contribution in [3.63, 3.8) is 0 Å². The van der Waals surface area contributed by atoms with Crippen LogP contribution in [0.4, 0.5) is 0 Å². The van der Waals surface area contributed by atoms with Gasteiger partial charge in [-0.15, -0.1) is 6.42 Å². The van der Waals surface area contributed by atoms with Gasteiger partial charge in [0.1, 0.15) is 6.04 Å². The Morgan fingerprint density at radius 3 is 2.36 bits per heavy atom. The molecule has 1 nitrogen and oxygen atoms in total. The number of terminal acetylenes is 1. The van der Waals surface area contributed by atoms with E-state index in [4.69, 9.17) is 6.42 Å². The molecule has 1 heteroatoms. The van der Waals surface area contributed by atoms with Crippen molar-refractivity contribution in [3.8, 4) is 24.2 Å². The Kier molecular flexibility index (Phi) is 3.80. The first-order chi connectivity index (χ1) is 6.74. The molecule has 0 N–H and O–H groups in total. The lowest BCUT2D eigenvalue weighted by Crippen LogP contribution is -2.24. The van der Waals surface area contributed by atoms with Crippen molar-refractivity contribution in [3.05, 3.63) is 35.9 Å². The van der Waals surface area contributed by atoms with Gasteiger partial charge in [0.25, 0.3) is 0 Å². The summed E-state index contributed by atoms with van der Waals surface area (Å²) in [6.07, 6.45) is 5.34. The van der Waals surface area contributed by atoms with Crippen LogP contribution in [0.2, 0.25) is 0 Å². The molecule has 1 atom stereocenters. The second-order valence-corrected chi connectivity index (χ2v) is 3.17. The summed E-state index contributed by atoms with van der Waals surface area (Å²) >= 11 is 0. The number of rotatable bonds is 1. The van der Waals surface area contributed by atoms with Crippen molar-refractivity contribution in [1.82, 2.24) is 4.90 Å². The first-order valence-electron chi connectivity index (χ1n) is 4.43. The maximum atomic E-state index is 5.34. The van der Waals surface area contributed by atoms with Crippen molar-refractivity contribution in [2.24, 2.45) is 0 Å². The van der Waals surface area contributed by atoms with E-state index in [0.29, 0.717) is 0 Å². The Morgan fingerprint density at radius 1 is 1.21 bits per heavy atom. The Bertz CT molecular complexity index is 373. The monoisotopic (exact) mass is 183 g/mol. The van der Waals surface area contributed by atoms with E-state index in [0.717, 1.165) is 5.56 Å². The maximum Gasteiger partial charge on any atom is 0.133 e. The number of benzene rings is 1. The molecule has 1 rings (SSSR count). The van der Waals surface area contributed by atoms with E-state index in [2.05, 4.69) is 17.8 Å². The molecule has 0 fully saturated rings. The highest BCUT2D eigenvalue weighted by Gasteiger charge is 2.00. The van der Waals surface area contributed by atoms with E-state index >= 15 is 0 Å². The molecule has 0 heterocycles. The lowest BCUT2D eigenvalue weighted by atomic mass is 10.2. The van der Waals surface area contributed by atoms with Gasteiger partial charge in [0, 0.05) is 5.56 Å². The first-order valence-corrected chi connectivity index (χ1v) is 4.43. The molecular formula is C13H13N. The zero-order valence-electron chi connectivity index (χ0n) is 8.49. The fourth-order valence-electron chi connectivity index (χ4n) is 0.993. The minimum Gasteiger partial charge on any atom is -0.286 e. The number of nitrogens with zero attached hydrogens (tertiary/aromatic N) is 1. The van der Waals surface area contributed by atoms with Crippen LogP contribution in [0.1, 0.15) is 5.56 Å². The van der Waals surface area contributed by atoms with Crippen molar-refractivity contribution in [1.29, 1.82) is 0 Å². The standard InChI is InChI=1S/C13H13N/c1-4-13(14(2)3)11-10-12-8-6-5-7-9-12/h1,5-9,13H,2-3H3. The molecule has 0 aliphatic rings. The summed E-state index contributed by atoms with van der Waals surface area (Å²) in [5.41, 5.74) is 0.995. The van der Waals surface area contributed by atoms with Gasteiger partial charge in [-0.1, -0.05) is 36.0 Å². The second-order valence-electron chi connectivity index (χ2n) is 3.17. The molecule has 1 aromatic rings. The fraction of sp³-hybridized carbons (Fsp3) is 0.231. The molecule has 0 radical (unpaired) electrons. The van der Waals surface area contributed by atoms with Crippen molar-refractivity contribution < 1.29 is 0 Å². The third-order valence-electron chi connectivity index (χ3n) is 1.80. The van der Waals surface area contributed by atoms with Crippen molar-refractivity contribution in [2.75, 3.05) is 14.1 Å². The molecule has 14 heavy (non-hydrogen) atoms. The molecule has 1 aromatic carbocycles. The van der Waals surface area contributed by atoms with Crippen LogP contribution in [0.15, 0.2) is 30.3 Å². The minimum atomic E-state index is -0.116. The Labute approximate surface area is 85.7 Å². The molecule has 1 unspecified atom stereocenters. The average Bonchev–Trinajstić information content (AvgIpc) is 2.20. The molecular weight excluding hydrogens is 170 g/mol. The topological polar surface area (TPSA) is 3.24 Å². The van der Waals surface area contributed by atoms with E-state index in [9.17, 15) is 0 Å². The molecule has 0 saturated heterocycles. The van der Waals surface area contributed by atoms with Crippen molar-refractivity contribution in [2.45, 2.75) is 6.04 Å². The highest BCUT2D eigenvalue weighted by molar-refractivity contribution is 5.36. The van der Waals surface area contributed by atoms with Gasteiger partial charge in [-0.3, -0.25) is 4.90 Å². The fourth-order valence-corrected chi connectivity index (χ4v) is 0.993. The zero-order valence-corrected chi connectivity index (χ0v) is 8.49. The maximum absolute atomic E-state index is 5.34. The van der Waals surface area contributed by atoms with Gasteiger partial charge in [0.15, 0.2) is 0 Å². The third-order valence-corrected chi connectivity index (χ3v) is 1.80. The smallest absolute Gasteiger partial charge is 0.133 e. The normalized spacial score (nSPS) is 11.3. The molecule has 0 bridgehead atoms. The van der Waals surface area contributed by atoms with Crippen LogP contribution < -0.4 is 0 Å². The van der Waals surface area contributed by atoms with E-state index in [1.807, 2.05) is 49.3 Å². The van der Waals surface area contributed by atoms with E-state index < -0.39 is 0 Å². The van der Waals surface area contributed by atoms with Crippen LogP contribution in [0.25, 0.3) is 0 Å². The van der Waals surface area contributed by atoms with Gasteiger partial charge in [0.05, 0.1) is 0 Å². The van der Waals surface area contributed by atoms with Gasteiger partial charge < -0.3 is 0 Å². The Morgan fingerprint density at radius 2 is 1.86 bits per heavy atom. The van der Waals surface area contributed by atoms with Crippen LogP contribution in [-0.4, -0.2) is 25.0 Å². The van der Waals surface area contributed by atoms with Gasteiger partial charge >= 0.3 is 0 Å². The molecule has 0 spiro atoms. The summed E-state index contributed by atoms with van der Waals surface area (Å²) < 4.78 is 0. The van der Waals surface area contributed by atoms with Crippen LogP contribution in [0.5, 0.6) is 0 Å². The van der Waals surface area contributed by atoms with Gasteiger partial charge in [-0.2, -0.15) is 0 Å². The van der Waals surface area contributed by atoms with E-state index in [1.54, 1.807) is 0 Å². The minimum absolute atomic E-state index is 0.116. The summed E-state index contributed by atoms with van der Waals surface area (Å²) in [6, 6.07) is 9.72. The summed E-state index contributed by atoms with van der Waals surface area (Å²) in [6.45, 7) is 0. The van der Waals surface area contributed by atoms with Crippen molar-refractivity contribution >= 4 is 0 Å². The van der Waals surface area contributed by atoms with E-state index in [1.165, 1.54) is 0 Å². The molecule has 0 saturated carbocycles. The predicted molar refractivity (Wildman–Crippen MR) is 59.6 cm³/mol. The lowest BCUT2D eigenvalue weighted by Gasteiger charge is -2.11.